The van der Waals surface area contributed by atoms with Gasteiger partial charge < -0.3 is 15.8 Å². The van der Waals surface area contributed by atoms with Crippen LogP contribution in [0.25, 0.3) is 0 Å². The fraction of sp³-hybridized carbons (Fsp3) is 0.333. The zero-order valence-corrected chi connectivity index (χ0v) is 9.41. The molecule has 1 heterocycles. The van der Waals surface area contributed by atoms with Gasteiger partial charge in [-0.3, -0.25) is 4.79 Å². The first-order valence-corrected chi connectivity index (χ1v) is 5.55. The summed E-state index contributed by atoms with van der Waals surface area (Å²) in [6.45, 7) is 0.471. The molecule has 1 aromatic rings. The first-order chi connectivity index (χ1) is 8.22. The second-order valence-corrected chi connectivity index (χ2v) is 4.10. The lowest BCUT2D eigenvalue weighted by Crippen LogP contribution is -2.44. The third kappa shape index (κ3) is 2.38. The molecule has 1 aromatic carbocycles. The molecule has 0 spiro atoms. The Labute approximate surface area is 99.5 Å². The van der Waals surface area contributed by atoms with Crippen LogP contribution in [0.15, 0.2) is 35.5 Å². The number of nitrogens with zero attached hydrogens (tertiary/aromatic N) is 2. The SMILES string of the molecule is NC(=NO)[C@H]1CCC(=O)N(c2ccccc2)C1. The van der Waals surface area contributed by atoms with Crippen molar-refractivity contribution >= 4 is 17.4 Å². The topological polar surface area (TPSA) is 78.9 Å². The lowest BCUT2D eigenvalue weighted by molar-refractivity contribution is -0.119. The highest BCUT2D eigenvalue weighted by Crippen LogP contribution is 2.23. The van der Waals surface area contributed by atoms with E-state index in [1.807, 2.05) is 30.3 Å². The van der Waals surface area contributed by atoms with Crippen LogP contribution in [-0.4, -0.2) is 23.5 Å². The molecule has 5 nitrogen and oxygen atoms in total. The highest BCUT2D eigenvalue weighted by Gasteiger charge is 2.28. The van der Waals surface area contributed by atoms with Crippen molar-refractivity contribution in [3.05, 3.63) is 30.3 Å². The number of carbonyl (C=O) groups is 1. The minimum atomic E-state index is -0.0714. The first-order valence-electron chi connectivity index (χ1n) is 5.55. The van der Waals surface area contributed by atoms with E-state index in [1.54, 1.807) is 4.90 Å². The number of amidine groups is 1. The van der Waals surface area contributed by atoms with E-state index in [9.17, 15) is 4.79 Å². The summed E-state index contributed by atoms with van der Waals surface area (Å²) in [6, 6.07) is 9.43. The van der Waals surface area contributed by atoms with Crippen molar-refractivity contribution in [1.82, 2.24) is 0 Å². The molecule has 17 heavy (non-hydrogen) atoms. The average molecular weight is 233 g/mol. The van der Waals surface area contributed by atoms with Crippen molar-refractivity contribution in [3.8, 4) is 0 Å². The Balaban J connectivity index is 2.19. The highest BCUT2D eigenvalue weighted by molar-refractivity contribution is 5.96. The predicted octanol–water partition coefficient (Wildman–Crippen LogP) is 1.18. The van der Waals surface area contributed by atoms with Crippen LogP contribution in [0.4, 0.5) is 5.69 Å². The largest absolute Gasteiger partial charge is 0.409 e. The van der Waals surface area contributed by atoms with Crippen LogP contribution >= 0.6 is 0 Å². The van der Waals surface area contributed by atoms with E-state index >= 15 is 0 Å². The lowest BCUT2D eigenvalue weighted by Gasteiger charge is -2.31. The van der Waals surface area contributed by atoms with Crippen LogP contribution in [0, 0.1) is 5.92 Å². The number of carbonyl (C=O) groups excluding carboxylic acids is 1. The van der Waals surface area contributed by atoms with E-state index in [0.717, 1.165) is 5.69 Å². The van der Waals surface area contributed by atoms with Crippen molar-refractivity contribution in [2.24, 2.45) is 16.8 Å². The maximum Gasteiger partial charge on any atom is 0.227 e. The van der Waals surface area contributed by atoms with Gasteiger partial charge in [0.05, 0.1) is 0 Å². The third-order valence-corrected chi connectivity index (χ3v) is 3.01. The van der Waals surface area contributed by atoms with Crippen LogP contribution < -0.4 is 10.6 Å². The van der Waals surface area contributed by atoms with Gasteiger partial charge in [0.1, 0.15) is 5.84 Å². The molecule has 0 bridgehead atoms. The molecule has 0 radical (unpaired) electrons. The Morgan fingerprint density at radius 1 is 1.41 bits per heavy atom. The second kappa shape index (κ2) is 4.86. The highest BCUT2D eigenvalue weighted by atomic mass is 16.4. The number of oxime groups is 1. The van der Waals surface area contributed by atoms with Crippen molar-refractivity contribution < 1.29 is 10.0 Å². The number of para-hydroxylation sites is 1. The molecular formula is C12H15N3O2. The smallest absolute Gasteiger partial charge is 0.227 e. The minimum absolute atomic E-state index is 0.0714. The molecule has 90 valence electrons. The molecule has 0 unspecified atom stereocenters. The Morgan fingerprint density at radius 3 is 2.76 bits per heavy atom. The number of rotatable bonds is 2. The van der Waals surface area contributed by atoms with Crippen LogP contribution in [0.1, 0.15) is 12.8 Å². The molecule has 0 aromatic heterocycles. The summed E-state index contributed by atoms with van der Waals surface area (Å²) in [4.78, 5) is 13.5. The molecule has 1 fully saturated rings. The van der Waals surface area contributed by atoms with Gasteiger partial charge in [-0.2, -0.15) is 0 Å². The van der Waals surface area contributed by atoms with Gasteiger partial charge in [-0.1, -0.05) is 23.4 Å². The van der Waals surface area contributed by atoms with Gasteiger partial charge in [0.2, 0.25) is 5.91 Å². The van der Waals surface area contributed by atoms with Gasteiger partial charge in [0, 0.05) is 24.6 Å². The summed E-state index contributed by atoms with van der Waals surface area (Å²) in [5, 5.41) is 11.7. The summed E-state index contributed by atoms with van der Waals surface area (Å²) >= 11 is 0. The number of hydrogen-bond acceptors (Lipinski definition) is 3. The molecule has 1 aliphatic rings. The van der Waals surface area contributed by atoms with Crippen molar-refractivity contribution in [2.45, 2.75) is 12.8 Å². The van der Waals surface area contributed by atoms with E-state index < -0.39 is 0 Å². The normalized spacial score (nSPS) is 21.6. The summed E-state index contributed by atoms with van der Waals surface area (Å²) in [6.07, 6.45) is 1.06. The molecule has 0 aliphatic carbocycles. The number of amides is 1. The first kappa shape index (κ1) is 11.4. The molecular weight excluding hydrogens is 218 g/mol. The molecule has 0 saturated carbocycles. The zero-order chi connectivity index (χ0) is 12.3. The summed E-state index contributed by atoms with van der Waals surface area (Å²) in [5.41, 5.74) is 6.45. The van der Waals surface area contributed by atoms with Gasteiger partial charge >= 0.3 is 0 Å². The Morgan fingerprint density at radius 2 is 2.12 bits per heavy atom. The van der Waals surface area contributed by atoms with Gasteiger partial charge in [0.25, 0.3) is 0 Å². The van der Waals surface area contributed by atoms with Gasteiger partial charge in [-0.25, -0.2) is 0 Å². The average Bonchev–Trinajstić information content (AvgIpc) is 2.39. The molecule has 3 N–H and O–H groups in total. The Kier molecular flexibility index (Phi) is 3.27. The van der Waals surface area contributed by atoms with E-state index in [0.29, 0.717) is 19.4 Å². The molecule has 1 aliphatic heterocycles. The fourth-order valence-electron chi connectivity index (χ4n) is 2.03. The molecule has 5 heteroatoms. The predicted molar refractivity (Wildman–Crippen MR) is 64.9 cm³/mol. The van der Waals surface area contributed by atoms with E-state index in [4.69, 9.17) is 10.9 Å². The Hall–Kier alpha value is -2.04. The summed E-state index contributed by atoms with van der Waals surface area (Å²) in [7, 11) is 0. The molecule has 1 amide bonds. The van der Waals surface area contributed by atoms with Crippen molar-refractivity contribution in [3.63, 3.8) is 0 Å². The fourth-order valence-corrected chi connectivity index (χ4v) is 2.03. The van der Waals surface area contributed by atoms with E-state index in [-0.39, 0.29) is 17.7 Å². The monoisotopic (exact) mass is 233 g/mol. The van der Waals surface area contributed by atoms with Gasteiger partial charge in [-0.05, 0) is 18.6 Å². The third-order valence-electron chi connectivity index (χ3n) is 3.01. The van der Waals surface area contributed by atoms with Crippen molar-refractivity contribution in [2.75, 3.05) is 11.4 Å². The molecule has 2 rings (SSSR count). The number of benzene rings is 1. The number of hydrogen-bond donors (Lipinski definition) is 2. The van der Waals surface area contributed by atoms with Gasteiger partial charge in [-0.15, -0.1) is 0 Å². The quantitative estimate of drug-likeness (QED) is 0.348. The second-order valence-electron chi connectivity index (χ2n) is 4.10. The van der Waals surface area contributed by atoms with Crippen LogP contribution in [0.5, 0.6) is 0 Å². The minimum Gasteiger partial charge on any atom is -0.409 e. The van der Waals surface area contributed by atoms with Crippen LogP contribution in [0.2, 0.25) is 0 Å². The number of piperidine rings is 1. The van der Waals surface area contributed by atoms with Crippen LogP contribution in [0.3, 0.4) is 0 Å². The number of anilines is 1. The zero-order valence-electron chi connectivity index (χ0n) is 9.41. The van der Waals surface area contributed by atoms with Crippen LogP contribution in [-0.2, 0) is 4.79 Å². The molecule has 1 atom stereocenters. The van der Waals surface area contributed by atoms with E-state index in [1.165, 1.54) is 0 Å². The van der Waals surface area contributed by atoms with E-state index in [2.05, 4.69) is 5.16 Å². The Bertz CT molecular complexity index is 431. The lowest BCUT2D eigenvalue weighted by atomic mass is 9.96. The standard InChI is InChI=1S/C12H15N3O2/c13-12(14-17)9-6-7-11(16)15(8-9)10-4-2-1-3-5-10/h1-5,9,17H,6-8H2,(H2,13,14)/t9-/m0/s1. The van der Waals surface area contributed by atoms with Gasteiger partial charge in [0.15, 0.2) is 0 Å². The van der Waals surface area contributed by atoms with Crippen molar-refractivity contribution in [1.29, 1.82) is 0 Å². The maximum absolute atomic E-state index is 11.8. The molecule has 1 saturated heterocycles. The summed E-state index contributed by atoms with van der Waals surface area (Å²) in [5.74, 6) is 0.203. The summed E-state index contributed by atoms with van der Waals surface area (Å²) < 4.78 is 0. The number of nitrogens with two attached hydrogens (primary N) is 1. The maximum atomic E-state index is 11.8.